The summed E-state index contributed by atoms with van der Waals surface area (Å²) in [4.78, 5) is 8.18. The zero-order valence-corrected chi connectivity index (χ0v) is 8.11. The minimum atomic E-state index is 0.239. The quantitative estimate of drug-likeness (QED) is 0.739. The molecule has 0 saturated heterocycles. The molecule has 2 rings (SSSR count). The van der Waals surface area contributed by atoms with Gasteiger partial charge in [0.05, 0.1) is 18.0 Å². The summed E-state index contributed by atoms with van der Waals surface area (Å²) in [6.07, 6.45) is 0. The Bertz CT molecular complexity index is 482. The second-order valence-electron chi connectivity index (χ2n) is 3.06. The minimum Gasteiger partial charge on any atom is -0.480 e. The van der Waals surface area contributed by atoms with Crippen LogP contribution in [0.25, 0.3) is 10.9 Å². The third-order valence-electron chi connectivity index (χ3n) is 2.10. The average molecular weight is 189 g/mol. The molecule has 4 heteroatoms. The predicted molar refractivity (Wildman–Crippen MR) is 55.2 cm³/mol. The zero-order chi connectivity index (χ0) is 10.1. The van der Waals surface area contributed by atoms with E-state index in [0.717, 1.165) is 16.5 Å². The van der Waals surface area contributed by atoms with Gasteiger partial charge in [-0.05, 0) is 18.6 Å². The second kappa shape index (κ2) is 3.14. The number of hydrogen-bond donors (Lipinski definition) is 1. The summed E-state index contributed by atoms with van der Waals surface area (Å²) in [5, 5.41) is 0.890. The molecule has 0 aliphatic carbocycles. The molecule has 0 saturated carbocycles. The molecule has 0 fully saturated rings. The Balaban J connectivity index is 2.87. The number of nitrogen functional groups attached to an aromatic ring is 1. The van der Waals surface area contributed by atoms with Gasteiger partial charge in [0.2, 0.25) is 11.8 Å². The lowest BCUT2D eigenvalue weighted by Crippen LogP contribution is -1.99. The normalized spacial score (nSPS) is 10.4. The van der Waals surface area contributed by atoms with Gasteiger partial charge in [-0.3, -0.25) is 0 Å². The summed E-state index contributed by atoms with van der Waals surface area (Å²) in [7, 11) is 1.57. The van der Waals surface area contributed by atoms with Gasteiger partial charge in [-0.25, -0.2) is 4.98 Å². The van der Waals surface area contributed by atoms with Gasteiger partial charge in [0.25, 0.3) is 0 Å². The van der Waals surface area contributed by atoms with Crippen molar-refractivity contribution >= 4 is 16.9 Å². The molecule has 1 heterocycles. The lowest BCUT2D eigenvalue weighted by atomic mass is 10.1. The van der Waals surface area contributed by atoms with Gasteiger partial charge in [0, 0.05) is 0 Å². The number of rotatable bonds is 1. The van der Waals surface area contributed by atoms with Crippen LogP contribution in [0.15, 0.2) is 18.2 Å². The number of anilines is 1. The first-order chi connectivity index (χ1) is 6.72. The highest BCUT2D eigenvalue weighted by Gasteiger charge is 2.07. The lowest BCUT2D eigenvalue weighted by molar-refractivity contribution is 0.403. The van der Waals surface area contributed by atoms with Crippen LogP contribution in [0.1, 0.15) is 5.56 Å². The number of nitrogens with two attached hydrogens (primary N) is 1. The molecule has 0 aliphatic heterocycles. The van der Waals surface area contributed by atoms with E-state index in [2.05, 4.69) is 9.97 Å². The molecule has 1 aromatic carbocycles. The van der Waals surface area contributed by atoms with E-state index in [4.69, 9.17) is 10.5 Å². The minimum absolute atomic E-state index is 0.239. The monoisotopic (exact) mass is 189 g/mol. The van der Waals surface area contributed by atoms with Crippen molar-refractivity contribution in [2.24, 2.45) is 0 Å². The first kappa shape index (κ1) is 8.74. The maximum absolute atomic E-state index is 5.57. The fraction of sp³-hybridized carbons (Fsp3) is 0.200. The molecule has 72 valence electrons. The number of ether oxygens (including phenoxy) is 1. The van der Waals surface area contributed by atoms with Crippen LogP contribution < -0.4 is 10.5 Å². The maximum Gasteiger partial charge on any atom is 0.225 e. The predicted octanol–water partition coefficient (Wildman–Crippen LogP) is 1.53. The number of nitrogens with zero attached hydrogens (tertiary/aromatic N) is 2. The van der Waals surface area contributed by atoms with Gasteiger partial charge in [-0.1, -0.05) is 12.1 Å². The van der Waals surface area contributed by atoms with E-state index in [1.807, 2.05) is 25.1 Å². The smallest absolute Gasteiger partial charge is 0.225 e. The second-order valence-corrected chi connectivity index (χ2v) is 3.06. The summed E-state index contributed by atoms with van der Waals surface area (Å²) in [5.74, 6) is 0.764. The Labute approximate surface area is 81.7 Å². The van der Waals surface area contributed by atoms with Crippen molar-refractivity contribution in [2.45, 2.75) is 6.92 Å². The number of hydrogen-bond acceptors (Lipinski definition) is 4. The summed E-state index contributed by atoms with van der Waals surface area (Å²) < 4.78 is 5.13. The largest absolute Gasteiger partial charge is 0.480 e. The number of aryl methyl sites for hydroxylation is 1. The van der Waals surface area contributed by atoms with Crippen molar-refractivity contribution < 1.29 is 4.74 Å². The van der Waals surface area contributed by atoms with Gasteiger partial charge < -0.3 is 10.5 Å². The topological polar surface area (TPSA) is 61.0 Å². The molecular formula is C10H11N3O. The van der Waals surface area contributed by atoms with Crippen molar-refractivity contribution in [3.8, 4) is 5.88 Å². The van der Waals surface area contributed by atoms with Crippen LogP contribution >= 0.6 is 0 Å². The van der Waals surface area contributed by atoms with Crippen LogP contribution in [0.2, 0.25) is 0 Å². The summed E-state index contributed by atoms with van der Waals surface area (Å²) in [6, 6.07) is 5.84. The molecule has 0 spiro atoms. The third-order valence-corrected chi connectivity index (χ3v) is 2.10. The van der Waals surface area contributed by atoms with Crippen LogP contribution in [-0.4, -0.2) is 17.1 Å². The Morgan fingerprint density at radius 2 is 2.07 bits per heavy atom. The van der Waals surface area contributed by atoms with Crippen LogP contribution in [0.4, 0.5) is 5.95 Å². The zero-order valence-electron chi connectivity index (χ0n) is 8.11. The molecule has 14 heavy (non-hydrogen) atoms. The van der Waals surface area contributed by atoms with E-state index < -0.39 is 0 Å². The molecule has 0 bridgehead atoms. The summed E-state index contributed by atoms with van der Waals surface area (Å²) >= 11 is 0. The van der Waals surface area contributed by atoms with Crippen molar-refractivity contribution in [3.63, 3.8) is 0 Å². The Morgan fingerprint density at radius 1 is 1.29 bits per heavy atom. The van der Waals surface area contributed by atoms with Crippen molar-refractivity contribution in [2.75, 3.05) is 12.8 Å². The molecule has 0 unspecified atom stereocenters. The Kier molecular flexibility index (Phi) is 1.96. The highest BCUT2D eigenvalue weighted by Crippen LogP contribution is 2.24. The van der Waals surface area contributed by atoms with Crippen molar-refractivity contribution in [3.05, 3.63) is 23.8 Å². The van der Waals surface area contributed by atoms with Gasteiger partial charge >= 0.3 is 0 Å². The fourth-order valence-electron chi connectivity index (χ4n) is 1.44. The molecular weight excluding hydrogens is 178 g/mol. The van der Waals surface area contributed by atoms with Gasteiger partial charge in [-0.2, -0.15) is 4.98 Å². The van der Waals surface area contributed by atoms with E-state index in [-0.39, 0.29) is 5.95 Å². The third kappa shape index (κ3) is 1.25. The summed E-state index contributed by atoms with van der Waals surface area (Å²) in [6.45, 7) is 1.98. The lowest BCUT2D eigenvalue weighted by Gasteiger charge is -2.06. The Morgan fingerprint density at radius 3 is 2.79 bits per heavy atom. The first-order valence-electron chi connectivity index (χ1n) is 4.29. The van der Waals surface area contributed by atoms with E-state index in [1.54, 1.807) is 7.11 Å². The number of aromatic nitrogens is 2. The van der Waals surface area contributed by atoms with Crippen molar-refractivity contribution in [1.82, 2.24) is 9.97 Å². The molecule has 0 radical (unpaired) electrons. The van der Waals surface area contributed by atoms with Crippen LogP contribution in [-0.2, 0) is 0 Å². The number of para-hydroxylation sites is 1. The Hall–Kier alpha value is -1.84. The molecule has 0 amide bonds. The molecule has 1 aromatic heterocycles. The van der Waals surface area contributed by atoms with Gasteiger partial charge in [0.1, 0.15) is 0 Å². The number of fused-ring (bicyclic) bond motifs is 1. The van der Waals surface area contributed by atoms with Crippen molar-refractivity contribution in [1.29, 1.82) is 0 Å². The number of benzene rings is 1. The number of methoxy groups -OCH3 is 1. The maximum atomic E-state index is 5.57. The molecule has 0 atom stereocenters. The van der Waals surface area contributed by atoms with E-state index in [0.29, 0.717) is 5.88 Å². The average Bonchev–Trinajstić information content (AvgIpc) is 2.18. The standard InChI is InChI=1S/C10H11N3O/c1-6-4-3-5-7-8(6)12-10(11)13-9(7)14-2/h3-5H,1-2H3,(H2,11,12,13). The van der Waals surface area contributed by atoms with Crippen LogP contribution in [0, 0.1) is 6.92 Å². The van der Waals surface area contributed by atoms with E-state index >= 15 is 0 Å². The SMILES string of the molecule is COc1nc(N)nc2c(C)cccc12. The highest BCUT2D eigenvalue weighted by atomic mass is 16.5. The molecule has 0 aliphatic rings. The van der Waals surface area contributed by atoms with Gasteiger partial charge in [0.15, 0.2) is 0 Å². The molecule has 2 N–H and O–H groups in total. The summed E-state index contributed by atoms with van der Waals surface area (Å²) in [5.41, 5.74) is 7.48. The molecule has 4 nitrogen and oxygen atoms in total. The van der Waals surface area contributed by atoms with E-state index in [9.17, 15) is 0 Å². The van der Waals surface area contributed by atoms with Crippen LogP contribution in [0.5, 0.6) is 5.88 Å². The van der Waals surface area contributed by atoms with Gasteiger partial charge in [-0.15, -0.1) is 0 Å². The van der Waals surface area contributed by atoms with Crippen LogP contribution in [0.3, 0.4) is 0 Å². The fourth-order valence-corrected chi connectivity index (χ4v) is 1.44. The van der Waals surface area contributed by atoms with E-state index in [1.165, 1.54) is 0 Å². The molecule has 2 aromatic rings. The first-order valence-corrected chi connectivity index (χ1v) is 4.29. The highest BCUT2D eigenvalue weighted by molar-refractivity contribution is 5.86.